The van der Waals surface area contributed by atoms with Gasteiger partial charge in [0.15, 0.2) is 11.5 Å². The number of carbonyl (C=O) groups is 1. The van der Waals surface area contributed by atoms with Gasteiger partial charge in [0.25, 0.3) is 0 Å². The molecule has 0 unspecified atom stereocenters. The van der Waals surface area contributed by atoms with Gasteiger partial charge in [0.1, 0.15) is 0 Å². The highest BCUT2D eigenvalue weighted by Crippen LogP contribution is 2.32. The summed E-state index contributed by atoms with van der Waals surface area (Å²) in [5.74, 6) is -1.01. The third kappa shape index (κ3) is 2.38. The molecule has 1 aromatic rings. The quantitative estimate of drug-likeness (QED) is 0.677. The smallest absolute Gasteiger partial charge is 0.307 e. The van der Waals surface area contributed by atoms with Crippen LogP contribution in [-0.2, 0) is 17.8 Å². The lowest BCUT2D eigenvalue weighted by Gasteiger charge is -2.10. The largest absolute Gasteiger partial charge is 0.504 e. The predicted molar refractivity (Wildman–Crippen MR) is 51.9 cm³/mol. The van der Waals surface area contributed by atoms with E-state index in [1.54, 1.807) is 0 Å². The molecule has 0 saturated carbocycles. The Labute approximate surface area is 86.5 Å². The first-order valence-electron chi connectivity index (χ1n) is 4.30. The number of carboxylic acids is 1. The number of hydrogen-bond donors (Lipinski definition) is 3. The average Bonchev–Trinajstić information content (AvgIpc) is 2.18. The molecule has 0 saturated heterocycles. The van der Waals surface area contributed by atoms with Gasteiger partial charge in [0.2, 0.25) is 0 Å². The van der Waals surface area contributed by atoms with E-state index in [1.165, 1.54) is 19.2 Å². The number of aromatic hydroxyl groups is 1. The van der Waals surface area contributed by atoms with Gasteiger partial charge >= 0.3 is 5.97 Å². The number of aliphatic hydroxyl groups is 1. The molecule has 0 aromatic heterocycles. The lowest BCUT2D eigenvalue weighted by molar-refractivity contribution is -0.136. The second-order valence-corrected chi connectivity index (χ2v) is 2.98. The van der Waals surface area contributed by atoms with E-state index in [0.29, 0.717) is 5.56 Å². The Bertz CT molecular complexity index is 372. The molecule has 0 amide bonds. The van der Waals surface area contributed by atoms with Gasteiger partial charge in [-0.1, -0.05) is 6.07 Å². The van der Waals surface area contributed by atoms with Crippen LogP contribution in [0.4, 0.5) is 0 Å². The van der Waals surface area contributed by atoms with Crippen molar-refractivity contribution in [3.8, 4) is 11.5 Å². The van der Waals surface area contributed by atoms with E-state index in [0.717, 1.165) is 0 Å². The Morgan fingerprint density at radius 3 is 2.60 bits per heavy atom. The van der Waals surface area contributed by atoms with E-state index in [1.807, 2.05) is 0 Å². The molecule has 15 heavy (non-hydrogen) atoms. The second kappa shape index (κ2) is 4.65. The summed E-state index contributed by atoms with van der Waals surface area (Å²) < 4.78 is 4.84. The van der Waals surface area contributed by atoms with Crippen molar-refractivity contribution in [1.82, 2.24) is 0 Å². The molecule has 0 bridgehead atoms. The van der Waals surface area contributed by atoms with Crippen molar-refractivity contribution in [3.63, 3.8) is 0 Å². The number of methoxy groups -OCH3 is 1. The number of benzene rings is 1. The second-order valence-electron chi connectivity index (χ2n) is 2.98. The van der Waals surface area contributed by atoms with Gasteiger partial charge in [-0.2, -0.15) is 0 Å². The van der Waals surface area contributed by atoms with Gasteiger partial charge in [-0.15, -0.1) is 0 Å². The fourth-order valence-electron chi connectivity index (χ4n) is 1.33. The highest BCUT2D eigenvalue weighted by molar-refractivity contribution is 5.71. The van der Waals surface area contributed by atoms with Crippen LogP contribution in [0, 0.1) is 0 Å². The molecule has 0 aliphatic rings. The summed E-state index contributed by atoms with van der Waals surface area (Å²) in [4.78, 5) is 10.5. The molecule has 3 N–H and O–H groups in total. The maximum absolute atomic E-state index is 10.5. The van der Waals surface area contributed by atoms with Crippen LogP contribution in [0.1, 0.15) is 11.1 Å². The maximum atomic E-state index is 10.5. The van der Waals surface area contributed by atoms with Crippen LogP contribution in [0.2, 0.25) is 0 Å². The molecule has 0 heterocycles. The van der Waals surface area contributed by atoms with Crippen LogP contribution >= 0.6 is 0 Å². The predicted octanol–water partition coefficient (Wildman–Crippen LogP) is 0.520. The van der Waals surface area contributed by atoms with Crippen molar-refractivity contribution in [3.05, 3.63) is 23.3 Å². The fourth-order valence-corrected chi connectivity index (χ4v) is 1.33. The molecule has 0 aliphatic heterocycles. The Kier molecular flexibility index (Phi) is 3.51. The first-order chi connectivity index (χ1) is 7.10. The van der Waals surface area contributed by atoms with E-state index in [-0.39, 0.29) is 23.5 Å². The maximum Gasteiger partial charge on any atom is 0.307 e. The van der Waals surface area contributed by atoms with Crippen molar-refractivity contribution < 1.29 is 24.9 Å². The van der Waals surface area contributed by atoms with Gasteiger partial charge in [-0.3, -0.25) is 4.79 Å². The van der Waals surface area contributed by atoms with E-state index in [2.05, 4.69) is 0 Å². The van der Waals surface area contributed by atoms with Crippen LogP contribution in [0.3, 0.4) is 0 Å². The number of aliphatic hydroxyl groups excluding tert-OH is 1. The summed E-state index contributed by atoms with van der Waals surface area (Å²) in [5.41, 5.74) is 0.569. The van der Waals surface area contributed by atoms with Crippen molar-refractivity contribution in [2.24, 2.45) is 0 Å². The van der Waals surface area contributed by atoms with Gasteiger partial charge in [0.05, 0.1) is 20.1 Å². The lowest BCUT2D eigenvalue weighted by Crippen LogP contribution is -2.04. The average molecular weight is 212 g/mol. The molecule has 0 aliphatic carbocycles. The Hall–Kier alpha value is -1.75. The number of hydrogen-bond acceptors (Lipinski definition) is 4. The summed E-state index contributed by atoms with van der Waals surface area (Å²) in [6.07, 6.45) is -0.243. The van der Waals surface area contributed by atoms with Crippen LogP contribution in [0.5, 0.6) is 11.5 Å². The standard InChI is InChI=1S/C10H12O5/c1-15-8-3-2-6(4-9(12)13)7(5-11)10(8)14/h2-3,11,14H,4-5H2,1H3,(H,12,13). The molecule has 5 heteroatoms. The van der Waals surface area contributed by atoms with E-state index < -0.39 is 12.6 Å². The molecule has 0 fully saturated rings. The summed E-state index contributed by atoms with van der Waals surface area (Å²) in [5, 5.41) is 27.2. The van der Waals surface area contributed by atoms with Crippen LogP contribution < -0.4 is 4.74 Å². The SMILES string of the molecule is COc1ccc(CC(=O)O)c(CO)c1O. The molecule has 5 nitrogen and oxygen atoms in total. The third-order valence-electron chi connectivity index (χ3n) is 2.06. The fraction of sp³-hybridized carbons (Fsp3) is 0.300. The van der Waals surface area contributed by atoms with Gasteiger partial charge in [-0.05, 0) is 11.6 Å². The number of aliphatic carboxylic acids is 1. The monoisotopic (exact) mass is 212 g/mol. The zero-order valence-corrected chi connectivity index (χ0v) is 8.23. The van der Waals surface area contributed by atoms with Crippen molar-refractivity contribution in [2.75, 3.05) is 7.11 Å². The highest BCUT2D eigenvalue weighted by Gasteiger charge is 2.14. The topological polar surface area (TPSA) is 87.0 Å². The Morgan fingerprint density at radius 1 is 1.47 bits per heavy atom. The van der Waals surface area contributed by atoms with Crippen LogP contribution in [0.25, 0.3) is 0 Å². The lowest BCUT2D eigenvalue weighted by atomic mass is 10.0. The number of rotatable bonds is 4. The number of phenols is 1. The van der Waals surface area contributed by atoms with Crippen molar-refractivity contribution >= 4 is 5.97 Å². The van der Waals surface area contributed by atoms with E-state index in [4.69, 9.17) is 14.9 Å². The van der Waals surface area contributed by atoms with E-state index in [9.17, 15) is 9.90 Å². The molecule has 1 rings (SSSR count). The first-order valence-corrected chi connectivity index (χ1v) is 4.30. The molecule has 0 radical (unpaired) electrons. The zero-order valence-electron chi connectivity index (χ0n) is 8.23. The molecule has 1 aromatic carbocycles. The summed E-state index contributed by atoms with van der Waals surface area (Å²) in [7, 11) is 1.38. The van der Waals surface area contributed by atoms with Gasteiger partial charge < -0.3 is 20.1 Å². The highest BCUT2D eigenvalue weighted by atomic mass is 16.5. The molecular weight excluding hydrogens is 200 g/mol. The van der Waals surface area contributed by atoms with Gasteiger partial charge in [-0.25, -0.2) is 0 Å². The number of carboxylic acid groups (broad SMARTS) is 1. The van der Waals surface area contributed by atoms with E-state index >= 15 is 0 Å². The summed E-state index contributed by atoms with van der Waals surface area (Å²) in [6.45, 7) is -0.425. The van der Waals surface area contributed by atoms with Crippen molar-refractivity contribution in [1.29, 1.82) is 0 Å². The minimum atomic E-state index is -1.02. The normalized spacial score (nSPS) is 10.0. The molecule has 0 spiro atoms. The zero-order chi connectivity index (χ0) is 11.4. The minimum absolute atomic E-state index is 0.191. The van der Waals surface area contributed by atoms with Gasteiger partial charge in [0, 0.05) is 5.56 Å². The minimum Gasteiger partial charge on any atom is -0.504 e. The van der Waals surface area contributed by atoms with Crippen molar-refractivity contribution in [2.45, 2.75) is 13.0 Å². The molecular formula is C10H12O5. The molecule has 0 atom stereocenters. The number of ether oxygens (including phenoxy) is 1. The van der Waals surface area contributed by atoms with Crippen LogP contribution in [-0.4, -0.2) is 28.4 Å². The molecule has 82 valence electrons. The summed E-state index contributed by atoms with van der Waals surface area (Å²) >= 11 is 0. The first kappa shape index (κ1) is 11.3. The Morgan fingerprint density at radius 2 is 2.13 bits per heavy atom. The summed E-state index contributed by atoms with van der Waals surface area (Å²) in [6, 6.07) is 2.98. The van der Waals surface area contributed by atoms with Crippen LogP contribution in [0.15, 0.2) is 12.1 Å². The Balaban J connectivity index is 3.18. The third-order valence-corrected chi connectivity index (χ3v) is 2.06.